The molecule has 12 nitrogen and oxygen atoms in total. The van der Waals surface area contributed by atoms with Gasteiger partial charge in [0.2, 0.25) is 5.91 Å². The lowest BCUT2D eigenvalue weighted by Crippen LogP contribution is -2.68. The van der Waals surface area contributed by atoms with E-state index in [1.54, 1.807) is 6.92 Å². The maximum atomic E-state index is 11.9. The lowest BCUT2D eigenvalue weighted by Gasteiger charge is -2.47. The fourth-order valence-corrected chi connectivity index (χ4v) is 3.49. The molecule has 3 amide bonds. The Labute approximate surface area is 173 Å². The van der Waals surface area contributed by atoms with E-state index in [1.165, 1.54) is 24.3 Å². The van der Waals surface area contributed by atoms with Gasteiger partial charge in [0, 0.05) is 18.0 Å². The van der Waals surface area contributed by atoms with E-state index < -0.39 is 58.4 Å². The van der Waals surface area contributed by atoms with Crippen LogP contribution in [-0.4, -0.2) is 71.2 Å². The predicted octanol–water partition coefficient (Wildman–Crippen LogP) is -0.182. The number of carboxylic acids is 1. The topological polar surface area (TPSA) is 183 Å². The summed E-state index contributed by atoms with van der Waals surface area (Å²) in [5, 5.41) is 18.7. The van der Waals surface area contributed by atoms with Gasteiger partial charge in [-0.3, -0.25) is 15.0 Å². The van der Waals surface area contributed by atoms with Gasteiger partial charge in [-0.05, 0) is 38.1 Å². The monoisotopic (exact) mass is 443 g/mol. The van der Waals surface area contributed by atoms with Crippen LogP contribution in [0.25, 0.3) is 0 Å². The smallest absolute Gasteiger partial charge is 0.426 e. The van der Waals surface area contributed by atoms with Crippen LogP contribution >= 0.6 is 0 Å². The molecule has 1 saturated heterocycles. The van der Waals surface area contributed by atoms with E-state index in [0.29, 0.717) is 0 Å². The highest BCUT2D eigenvalue weighted by Crippen LogP contribution is 2.31. The molecule has 0 saturated carbocycles. The zero-order chi connectivity index (χ0) is 22.6. The summed E-state index contributed by atoms with van der Waals surface area (Å²) in [7, 11) is 0. The summed E-state index contributed by atoms with van der Waals surface area (Å²) in [6, 6.07) is 2.95. The number of carbonyl (C=O) groups excluding carboxylic acids is 3. The summed E-state index contributed by atoms with van der Waals surface area (Å²) in [5.41, 5.74) is 4.07. The number of carboxylic acid groups (broad SMARTS) is 1. The fourth-order valence-electron chi connectivity index (χ4n) is 2.93. The largest absolute Gasteiger partial charge is 0.508 e. The molecule has 4 atom stereocenters. The summed E-state index contributed by atoms with van der Waals surface area (Å²) >= 11 is -2.79. The van der Waals surface area contributed by atoms with Crippen LogP contribution in [0.3, 0.4) is 0 Å². The first-order chi connectivity index (χ1) is 14.0. The number of aromatic hydroxyl groups is 1. The molecule has 1 fully saturated rings. The standard InChI is InChI=1S/C17H21N3O9S/c1-9-7-12(22)20(9)13(15(24)25)17(2,30(27)28)8-29-16(26)19-18-14(23)10-3-5-11(21)6-4-10/h3-6,9,13,21H,7-8H2,1-2H3,(H,18,23)(H,19,26)(H,24,25)(H,27,28)/t9-,13+,17+/m1/s1. The molecule has 5 N–H and O–H groups in total. The number of nitrogens with one attached hydrogen (secondary N) is 2. The quantitative estimate of drug-likeness (QED) is 0.217. The molecule has 2 rings (SSSR count). The molecule has 0 aromatic heterocycles. The van der Waals surface area contributed by atoms with E-state index >= 15 is 0 Å². The van der Waals surface area contributed by atoms with Crippen molar-refractivity contribution in [2.24, 2.45) is 0 Å². The first-order valence-corrected chi connectivity index (χ1v) is 9.75. The third kappa shape index (κ3) is 4.86. The van der Waals surface area contributed by atoms with Crippen molar-refractivity contribution in [3.8, 4) is 5.75 Å². The minimum absolute atomic E-state index is 0.0572. The van der Waals surface area contributed by atoms with Crippen LogP contribution < -0.4 is 10.9 Å². The van der Waals surface area contributed by atoms with Gasteiger partial charge in [-0.25, -0.2) is 19.2 Å². The Bertz CT molecular complexity index is 876. The van der Waals surface area contributed by atoms with Gasteiger partial charge < -0.3 is 24.4 Å². The molecule has 1 aromatic rings. The van der Waals surface area contributed by atoms with Crippen molar-refractivity contribution in [1.82, 2.24) is 15.8 Å². The van der Waals surface area contributed by atoms with E-state index in [0.717, 1.165) is 11.8 Å². The van der Waals surface area contributed by atoms with Crippen molar-refractivity contribution in [3.05, 3.63) is 29.8 Å². The van der Waals surface area contributed by atoms with Crippen LogP contribution in [0.5, 0.6) is 5.75 Å². The van der Waals surface area contributed by atoms with Crippen molar-refractivity contribution in [1.29, 1.82) is 0 Å². The lowest BCUT2D eigenvalue weighted by atomic mass is 9.92. The third-order valence-electron chi connectivity index (χ3n) is 4.62. The summed E-state index contributed by atoms with van der Waals surface area (Å²) in [6.45, 7) is 1.86. The molecule has 0 spiro atoms. The first-order valence-electron chi connectivity index (χ1n) is 8.64. The van der Waals surface area contributed by atoms with Crippen molar-refractivity contribution >= 4 is 35.0 Å². The van der Waals surface area contributed by atoms with Gasteiger partial charge in [0.05, 0.1) is 0 Å². The SMILES string of the molecule is C[C@@H]1CC(=O)N1[C@@H](C(=O)O)[C@](C)(COC(=O)NNC(=O)c1ccc(O)cc1)S(=O)O. The minimum atomic E-state index is -2.79. The predicted molar refractivity (Wildman–Crippen MR) is 102 cm³/mol. The number of aliphatic carboxylic acids is 1. The van der Waals surface area contributed by atoms with Crippen LogP contribution in [0.1, 0.15) is 30.6 Å². The van der Waals surface area contributed by atoms with Crippen LogP contribution in [0.15, 0.2) is 24.3 Å². The molecule has 0 radical (unpaired) electrons. The Morgan fingerprint density at radius 3 is 2.37 bits per heavy atom. The second kappa shape index (κ2) is 9.09. The molecule has 13 heteroatoms. The van der Waals surface area contributed by atoms with Crippen molar-refractivity contribution < 1.29 is 42.9 Å². The van der Waals surface area contributed by atoms with E-state index in [4.69, 9.17) is 4.74 Å². The third-order valence-corrected chi connectivity index (χ3v) is 5.76. The fraction of sp³-hybridized carbons (Fsp3) is 0.412. The van der Waals surface area contributed by atoms with E-state index in [9.17, 15) is 38.2 Å². The summed E-state index contributed by atoms with van der Waals surface area (Å²) in [4.78, 5) is 48.3. The average Bonchev–Trinajstić information content (AvgIpc) is 2.68. The number of benzene rings is 1. The van der Waals surface area contributed by atoms with Crippen LogP contribution in [0.2, 0.25) is 0 Å². The Morgan fingerprint density at radius 1 is 1.30 bits per heavy atom. The summed E-state index contributed by atoms with van der Waals surface area (Å²) in [6.07, 6.45) is -1.12. The highest BCUT2D eigenvalue weighted by atomic mass is 32.2. The molecule has 0 aliphatic carbocycles. The van der Waals surface area contributed by atoms with Crippen molar-refractivity contribution in [2.45, 2.75) is 37.1 Å². The highest BCUT2D eigenvalue weighted by molar-refractivity contribution is 7.80. The summed E-state index contributed by atoms with van der Waals surface area (Å²) in [5.74, 6) is -2.82. The second-order valence-corrected chi connectivity index (χ2v) is 8.29. The molecule has 1 aliphatic rings. The van der Waals surface area contributed by atoms with Gasteiger partial charge in [0.1, 0.15) is 17.1 Å². The second-order valence-electron chi connectivity index (χ2n) is 6.86. The van der Waals surface area contributed by atoms with E-state index in [2.05, 4.69) is 0 Å². The molecule has 0 bridgehead atoms. The number of rotatable bonds is 7. The zero-order valence-corrected chi connectivity index (χ0v) is 16.8. The van der Waals surface area contributed by atoms with Gasteiger partial charge in [-0.15, -0.1) is 0 Å². The number of carbonyl (C=O) groups is 4. The Morgan fingerprint density at radius 2 is 1.90 bits per heavy atom. The minimum Gasteiger partial charge on any atom is -0.508 e. The van der Waals surface area contributed by atoms with Crippen molar-refractivity contribution in [2.75, 3.05) is 6.61 Å². The number of hydrazine groups is 1. The number of phenols is 1. The lowest BCUT2D eigenvalue weighted by molar-refractivity contribution is -0.163. The number of ether oxygens (including phenoxy) is 1. The number of β-lactam (4-membered cyclic amide) rings is 1. The summed E-state index contributed by atoms with van der Waals surface area (Å²) < 4.78 is 24.4. The molecular weight excluding hydrogens is 422 g/mol. The van der Waals surface area contributed by atoms with Gasteiger partial charge in [-0.2, -0.15) is 0 Å². The Hall–Kier alpha value is -3.19. The number of nitrogens with zero attached hydrogens (tertiary/aromatic N) is 1. The average molecular weight is 443 g/mol. The van der Waals surface area contributed by atoms with Crippen LogP contribution in [0.4, 0.5) is 4.79 Å². The number of hydrogen-bond acceptors (Lipinski definition) is 7. The maximum Gasteiger partial charge on any atom is 0.426 e. The zero-order valence-electron chi connectivity index (χ0n) is 16.0. The highest BCUT2D eigenvalue weighted by Gasteiger charge is 2.54. The van der Waals surface area contributed by atoms with Gasteiger partial charge >= 0.3 is 12.1 Å². The van der Waals surface area contributed by atoms with Gasteiger partial charge in [0.15, 0.2) is 17.1 Å². The van der Waals surface area contributed by atoms with Crippen molar-refractivity contribution in [3.63, 3.8) is 0 Å². The van der Waals surface area contributed by atoms with Gasteiger partial charge in [-0.1, -0.05) is 0 Å². The van der Waals surface area contributed by atoms with E-state index in [-0.39, 0.29) is 17.7 Å². The molecule has 1 unspecified atom stereocenters. The molecule has 1 aliphatic heterocycles. The number of hydrogen-bond donors (Lipinski definition) is 5. The van der Waals surface area contributed by atoms with Gasteiger partial charge in [0.25, 0.3) is 5.91 Å². The molecule has 1 aromatic carbocycles. The molecular formula is C17H21N3O9S. The Kier molecular flexibility index (Phi) is 7.00. The normalized spacial score (nSPS) is 19.6. The van der Waals surface area contributed by atoms with Crippen LogP contribution in [0, 0.1) is 0 Å². The van der Waals surface area contributed by atoms with E-state index in [1.807, 2.05) is 10.9 Å². The number of amides is 3. The van der Waals surface area contributed by atoms with Crippen LogP contribution in [-0.2, 0) is 25.4 Å². The molecule has 164 valence electrons. The Balaban J connectivity index is 2.02. The number of likely N-dealkylation sites (tertiary alicyclic amines) is 1. The molecule has 1 heterocycles. The molecule has 30 heavy (non-hydrogen) atoms. The first kappa shape index (κ1) is 23.1. The maximum absolute atomic E-state index is 11.9. The number of phenolic OH excluding ortho intramolecular Hbond substituents is 1.